The summed E-state index contributed by atoms with van der Waals surface area (Å²) in [6.07, 6.45) is 18.3. The molecule has 3 fully saturated rings. The van der Waals surface area contributed by atoms with Crippen LogP contribution < -0.4 is 0 Å². The predicted octanol–water partition coefficient (Wildman–Crippen LogP) is 8.11. The van der Waals surface area contributed by atoms with Crippen LogP contribution >= 0.6 is 0 Å². The van der Waals surface area contributed by atoms with Gasteiger partial charge in [-0.1, -0.05) is 57.6 Å². The van der Waals surface area contributed by atoms with Gasteiger partial charge in [0.05, 0.1) is 0 Å². The van der Waals surface area contributed by atoms with E-state index in [1.165, 1.54) is 63.4 Å². The van der Waals surface area contributed by atoms with Gasteiger partial charge in [0.15, 0.2) is 0 Å². The van der Waals surface area contributed by atoms with Gasteiger partial charge in [0.1, 0.15) is 0 Å². The van der Waals surface area contributed by atoms with Crippen LogP contribution in [0.1, 0.15) is 92.4 Å². The zero-order chi connectivity index (χ0) is 19.4. The van der Waals surface area contributed by atoms with Gasteiger partial charge in [0.25, 0.3) is 0 Å². The lowest BCUT2D eigenvalue weighted by Crippen LogP contribution is -2.49. The molecule has 5 aliphatic rings. The summed E-state index contributed by atoms with van der Waals surface area (Å²) in [5.74, 6) is 4.86. The smallest absolute Gasteiger partial charge is 0.00419 e. The van der Waals surface area contributed by atoms with Crippen molar-refractivity contribution < 1.29 is 0 Å². The highest BCUT2D eigenvalue weighted by Crippen LogP contribution is 2.66. The number of rotatable bonds is 2. The Morgan fingerprint density at radius 1 is 0.889 bits per heavy atom. The van der Waals surface area contributed by atoms with E-state index in [9.17, 15) is 0 Å². The third-order valence-electron chi connectivity index (χ3n) is 9.47. The molecule has 0 nitrogen and oxygen atoms in total. The van der Waals surface area contributed by atoms with E-state index in [1.807, 2.05) is 19.4 Å². The standard InChI is InChI=1S/C25H36.C2H6/c1-16(2)21-9-10-22-20-8-7-19-15-18(17-5-6-17)11-13-24(19,3)23(20)12-14-25(21,22)4;1-2/h7,9,17-18,20,22-23H,1,5-6,8,10-15H2,2-4H3;1-2H3. The lowest BCUT2D eigenvalue weighted by atomic mass is 9.46. The van der Waals surface area contributed by atoms with Crippen molar-refractivity contribution in [1.82, 2.24) is 0 Å². The minimum atomic E-state index is 0.417. The molecule has 0 saturated heterocycles. The highest BCUT2D eigenvalue weighted by atomic mass is 14.6. The maximum atomic E-state index is 4.31. The Labute approximate surface area is 168 Å². The SMILES string of the molecule is C=C(C)C1=CCC2C3CC=C4CC(C5CC5)CCC4(C)C3CCC12C.CC. The topological polar surface area (TPSA) is 0 Å². The second-order valence-electron chi connectivity index (χ2n) is 10.7. The second-order valence-corrected chi connectivity index (χ2v) is 10.7. The molecule has 0 N–H and O–H groups in total. The second kappa shape index (κ2) is 6.93. The van der Waals surface area contributed by atoms with Gasteiger partial charge in [-0.05, 0) is 111 Å². The van der Waals surface area contributed by atoms with Crippen LogP contribution in [0.5, 0.6) is 0 Å². The number of hydrogen-bond donors (Lipinski definition) is 0. The molecule has 0 aromatic heterocycles. The molecular formula is C27H42. The van der Waals surface area contributed by atoms with Gasteiger partial charge in [-0.25, -0.2) is 0 Å². The Morgan fingerprint density at radius 3 is 2.26 bits per heavy atom. The molecule has 150 valence electrons. The molecule has 0 spiro atoms. The average Bonchev–Trinajstić information content (AvgIpc) is 3.43. The lowest BCUT2D eigenvalue weighted by molar-refractivity contribution is -0.0213. The summed E-state index contributed by atoms with van der Waals surface area (Å²) < 4.78 is 0. The van der Waals surface area contributed by atoms with Crippen LogP contribution in [0.2, 0.25) is 0 Å². The van der Waals surface area contributed by atoms with Gasteiger partial charge < -0.3 is 0 Å². The molecule has 0 aromatic carbocycles. The van der Waals surface area contributed by atoms with E-state index in [4.69, 9.17) is 0 Å². The first-order chi connectivity index (χ1) is 12.9. The van der Waals surface area contributed by atoms with Crippen molar-refractivity contribution in [3.8, 4) is 0 Å². The molecule has 0 amide bonds. The van der Waals surface area contributed by atoms with Crippen molar-refractivity contribution >= 4 is 0 Å². The molecule has 5 rings (SSSR count). The first-order valence-corrected chi connectivity index (χ1v) is 12.0. The molecule has 0 aromatic rings. The lowest BCUT2D eigenvalue weighted by Gasteiger charge is -2.58. The van der Waals surface area contributed by atoms with E-state index in [0.29, 0.717) is 10.8 Å². The summed E-state index contributed by atoms with van der Waals surface area (Å²) in [7, 11) is 0. The van der Waals surface area contributed by atoms with Crippen LogP contribution in [-0.4, -0.2) is 0 Å². The minimum Gasteiger partial charge on any atom is -0.0958 e. The van der Waals surface area contributed by atoms with Gasteiger partial charge >= 0.3 is 0 Å². The molecule has 0 radical (unpaired) electrons. The summed E-state index contributed by atoms with van der Waals surface area (Å²) >= 11 is 0. The van der Waals surface area contributed by atoms with Crippen LogP contribution in [0.4, 0.5) is 0 Å². The molecular weight excluding hydrogens is 324 g/mol. The molecule has 0 aliphatic heterocycles. The first kappa shape index (κ1) is 19.5. The zero-order valence-electron chi connectivity index (χ0n) is 18.6. The summed E-state index contributed by atoms with van der Waals surface area (Å²) in [6.45, 7) is 15.8. The number of allylic oxidation sites excluding steroid dienone is 5. The summed E-state index contributed by atoms with van der Waals surface area (Å²) in [4.78, 5) is 0. The molecule has 27 heavy (non-hydrogen) atoms. The Morgan fingerprint density at radius 2 is 1.59 bits per heavy atom. The fourth-order valence-electron chi connectivity index (χ4n) is 7.89. The van der Waals surface area contributed by atoms with Gasteiger partial charge in [-0.3, -0.25) is 0 Å². The zero-order valence-corrected chi connectivity index (χ0v) is 18.6. The van der Waals surface area contributed by atoms with Gasteiger partial charge in [0, 0.05) is 0 Å². The fraction of sp³-hybridized carbons (Fsp3) is 0.778. The molecule has 0 heterocycles. The molecule has 6 unspecified atom stereocenters. The largest absolute Gasteiger partial charge is 0.0958 e. The Bertz CT molecular complexity index is 660. The normalized spacial score (nSPS) is 45.4. The highest BCUT2D eigenvalue weighted by molar-refractivity contribution is 5.39. The first-order valence-electron chi connectivity index (χ1n) is 12.0. The van der Waals surface area contributed by atoms with E-state index in [-0.39, 0.29) is 0 Å². The van der Waals surface area contributed by atoms with Crippen LogP contribution in [0.3, 0.4) is 0 Å². The van der Waals surface area contributed by atoms with Crippen molar-refractivity contribution in [1.29, 1.82) is 0 Å². The maximum absolute atomic E-state index is 4.31. The Kier molecular flexibility index (Phi) is 5.01. The molecule has 3 saturated carbocycles. The van der Waals surface area contributed by atoms with Crippen LogP contribution in [-0.2, 0) is 0 Å². The van der Waals surface area contributed by atoms with E-state index in [2.05, 4.69) is 39.5 Å². The van der Waals surface area contributed by atoms with E-state index in [1.54, 1.807) is 5.57 Å². The molecule has 6 atom stereocenters. The highest BCUT2D eigenvalue weighted by Gasteiger charge is 2.57. The number of fused-ring (bicyclic) bond motifs is 5. The van der Waals surface area contributed by atoms with E-state index >= 15 is 0 Å². The van der Waals surface area contributed by atoms with Crippen molar-refractivity contribution in [2.24, 2.45) is 40.4 Å². The third-order valence-corrected chi connectivity index (χ3v) is 9.47. The number of hydrogen-bond acceptors (Lipinski definition) is 0. The van der Waals surface area contributed by atoms with Crippen molar-refractivity contribution in [3.05, 3.63) is 35.5 Å². The Hall–Kier alpha value is -0.780. The fourth-order valence-corrected chi connectivity index (χ4v) is 7.89. The van der Waals surface area contributed by atoms with Gasteiger partial charge in [-0.15, -0.1) is 0 Å². The summed E-state index contributed by atoms with van der Waals surface area (Å²) in [5, 5.41) is 0. The van der Waals surface area contributed by atoms with Gasteiger partial charge in [0.2, 0.25) is 0 Å². The average molecular weight is 367 g/mol. The summed E-state index contributed by atoms with van der Waals surface area (Å²) in [5.41, 5.74) is 5.76. The van der Waals surface area contributed by atoms with E-state index in [0.717, 1.165) is 29.6 Å². The summed E-state index contributed by atoms with van der Waals surface area (Å²) in [6, 6.07) is 0. The van der Waals surface area contributed by atoms with Crippen molar-refractivity contribution in [3.63, 3.8) is 0 Å². The monoisotopic (exact) mass is 366 g/mol. The quantitative estimate of drug-likeness (QED) is 0.433. The predicted molar refractivity (Wildman–Crippen MR) is 118 cm³/mol. The van der Waals surface area contributed by atoms with Crippen molar-refractivity contribution in [2.75, 3.05) is 0 Å². The maximum Gasteiger partial charge on any atom is -0.00419 e. The van der Waals surface area contributed by atoms with Crippen LogP contribution in [0.15, 0.2) is 35.5 Å². The molecule has 0 heteroatoms. The van der Waals surface area contributed by atoms with Gasteiger partial charge in [-0.2, -0.15) is 0 Å². The van der Waals surface area contributed by atoms with E-state index < -0.39 is 0 Å². The molecule has 5 aliphatic carbocycles. The van der Waals surface area contributed by atoms with Crippen LogP contribution in [0, 0.1) is 40.4 Å². The Balaban J connectivity index is 0.000000872. The minimum absolute atomic E-state index is 0.417. The van der Waals surface area contributed by atoms with Crippen molar-refractivity contribution in [2.45, 2.75) is 92.4 Å². The third kappa shape index (κ3) is 2.92. The molecule has 0 bridgehead atoms. The van der Waals surface area contributed by atoms with Crippen LogP contribution in [0.25, 0.3) is 0 Å².